The second-order valence-corrected chi connectivity index (χ2v) is 3.42. The summed E-state index contributed by atoms with van der Waals surface area (Å²) in [5.74, 6) is -0.316. The second kappa shape index (κ2) is 3.55. The van der Waals surface area contributed by atoms with E-state index in [4.69, 9.17) is 11.6 Å². The summed E-state index contributed by atoms with van der Waals surface area (Å²) in [5, 5.41) is 0.171. The standard InChI is InChI=1S/C8H7BrClF/c1-2-5-3-4-6(9)7(10)8(5)11/h3-4H,2H2,1H3. The predicted octanol–water partition coefficient (Wildman–Crippen LogP) is 3.80. The molecule has 0 nitrogen and oxygen atoms in total. The third kappa shape index (κ3) is 1.74. The summed E-state index contributed by atoms with van der Waals surface area (Å²) in [6.07, 6.45) is 0.666. The lowest BCUT2D eigenvalue weighted by atomic mass is 10.2. The van der Waals surface area contributed by atoms with Gasteiger partial charge in [-0.1, -0.05) is 24.6 Å². The molecule has 0 aliphatic heterocycles. The van der Waals surface area contributed by atoms with E-state index in [1.54, 1.807) is 12.1 Å². The lowest BCUT2D eigenvalue weighted by Crippen LogP contribution is -1.88. The van der Waals surface area contributed by atoms with Crippen molar-refractivity contribution in [1.82, 2.24) is 0 Å². The van der Waals surface area contributed by atoms with Crippen molar-refractivity contribution in [3.63, 3.8) is 0 Å². The van der Waals surface area contributed by atoms with Crippen LogP contribution in [0.15, 0.2) is 16.6 Å². The second-order valence-electron chi connectivity index (χ2n) is 2.19. The summed E-state index contributed by atoms with van der Waals surface area (Å²) >= 11 is 8.78. The van der Waals surface area contributed by atoms with Gasteiger partial charge in [0.1, 0.15) is 5.82 Å². The molecular weight excluding hydrogens is 230 g/mol. The molecule has 0 saturated heterocycles. The molecule has 0 amide bonds. The van der Waals surface area contributed by atoms with Gasteiger partial charge in [0, 0.05) is 4.47 Å². The molecule has 0 spiro atoms. The van der Waals surface area contributed by atoms with Gasteiger partial charge in [0.15, 0.2) is 0 Å². The van der Waals surface area contributed by atoms with Gasteiger partial charge < -0.3 is 0 Å². The minimum absolute atomic E-state index is 0.171. The van der Waals surface area contributed by atoms with Crippen molar-refractivity contribution in [2.24, 2.45) is 0 Å². The molecule has 60 valence electrons. The Balaban J connectivity index is 3.25. The van der Waals surface area contributed by atoms with E-state index in [0.29, 0.717) is 16.5 Å². The average molecular weight is 237 g/mol. The smallest absolute Gasteiger partial charge is 0.146 e. The van der Waals surface area contributed by atoms with Crippen LogP contribution in [0, 0.1) is 5.82 Å². The fourth-order valence-electron chi connectivity index (χ4n) is 0.839. The third-order valence-electron chi connectivity index (χ3n) is 1.50. The number of aryl methyl sites for hydroxylation is 1. The van der Waals surface area contributed by atoms with Gasteiger partial charge in [0.25, 0.3) is 0 Å². The Labute approximate surface area is 78.5 Å². The molecule has 0 N–H and O–H groups in total. The maximum Gasteiger partial charge on any atom is 0.146 e. The highest BCUT2D eigenvalue weighted by molar-refractivity contribution is 9.10. The van der Waals surface area contributed by atoms with Crippen LogP contribution in [0.3, 0.4) is 0 Å². The zero-order valence-corrected chi connectivity index (χ0v) is 8.34. The Kier molecular flexibility index (Phi) is 2.90. The van der Waals surface area contributed by atoms with Crippen LogP contribution in [0.1, 0.15) is 12.5 Å². The lowest BCUT2D eigenvalue weighted by Gasteiger charge is -2.02. The number of rotatable bonds is 1. The molecular formula is C8H7BrClF. The topological polar surface area (TPSA) is 0 Å². The number of hydrogen-bond acceptors (Lipinski definition) is 0. The Bertz CT molecular complexity index is 273. The van der Waals surface area contributed by atoms with E-state index in [0.717, 1.165) is 0 Å². The first kappa shape index (κ1) is 9.01. The van der Waals surface area contributed by atoms with Crippen LogP contribution in [0.25, 0.3) is 0 Å². The fourth-order valence-corrected chi connectivity index (χ4v) is 1.33. The number of benzene rings is 1. The van der Waals surface area contributed by atoms with Crippen molar-refractivity contribution in [3.05, 3.63) is 33.0 Å². The van der Waals surface area contributed by atoms with Crippen molar-refractivity contribution in [1.29, 1.82) is 0 Å². The van der Waals surface area contributed by atoms with E-state index in [2.05, 4.69) is 15.9 Å². The lowest BCUT2D eigenvalue weighted by molar-refractivity contribution is 0.612. The van der Waals surface area contributed by atoms with Gasteiger partial charge in [0.05, 0.1) is 5.02 Å². The molecule has 1 rings (SSSR count). The Morgan fingerprint density at radius 1 is 1.55 bits per heavy atom. The van der Waals surface area contributed by atoms with Gasteiger partial charge in [-0.2, -0.15) is 0 Å². The zero-order valence-electron chi connectivity index (χ0n) is 6.00. The molecule has 1 aromatic rings. The van der Waals surface area contributed by atoms with Gasteiger partial charge >= 0.3 is 0 Å². The van der Waals surface area contributed by atoms with Gasteiger partial charge in [-0.25, -0.2) is 4.39 Å². The molecule has 0 bridgehead atoms. The molecule has 1 aromatic carbocycles. The first-order valence-electron chi connectivity index (χ1n) is 3.29. The van der Waals surface area contributed by atoms with Crippen molar-refractivity contribution in [2.75, 3.05) is 0 Å². The summed E-state index contributed by atoms with van der Waals surface area (Å²) in [7, 11) is 0. The molecule has 0 saturated carbocycles. The van der Waals surface area contributed by atoms with Crippen molar-refractivity contribution >= 4 is 27.5 Å². The zero-order chi connectivity index (χ0) is 8.43. The van der Waals surface area contributed by atoms with Crippen LogP contribution in [0.2, 0.25) is 5.02 Å². The van der Waals surface area contributed by atoms with Crippen LogP contribution < -0.4 is 0 Å². The molecule has 0 aliphatic carbocycles. The largest absolute Gasteiger partial charge is 0.205 e. The first-order chi connectivity index (χ1) is 5.16. The van der Waals surface area contributed by atoms with E-state index >= 15 is 0 Å². The summed E-state index contributed by atoms with van der Waals surface area (Å²) in [6, 6.07) is 3.48. The van der Waals surface area contributed by atoms with Crippen molar-refractivity contribution in [3.8, 4) is 0 Å². The van der Waals surface area contributed by atoms with E-state index < -0.39 is 0 Å². The van der Waals surface area contributed by atoms with Gasteiger partial charge in [0.2, 0.25) is 0 Å². The minimum atomic E-state index is -0.316. The third-order valence-corrected chi connectivity index (χ3v) is 2.75. The maximum absolute atomic E-state index is 13.1. The molecule has 11 heavy (non-hydrogen) atoms. The van der Waals surface area contributed by atoms with Crippen molar-refractivity contribution < 1.29 is 4.39 Å². The highest BCUT2D eigenvalue weighted by Crippen LogP contribution is 2.27. The minimum Gasteiger partial charge on any atom is -0.205 e. The van der Waals surface area contributed by atoms with Crippen LogP contribution >= 0.6 is 27.5 Å². The number of hydrogen-bond donors (Lipinski definition) is 0. The predicted molar refractivity (Wildman–Crippen MR) is 48.5 cm³/mol. The highest BCUT2D eigenvalue weighted by atomic mass is 79.9. The summed E-state index contributed by atoms with van der Waals surface area (Å²) in [4.78, 5) is 0. The van der Waals surface area contributed by atoms with Crippen LogP contribution in [0.4, 0.5) is 4.39 Å². The first-order valence-corrected chi connectivity index (χ1v) is 4.46. The van der Waals surface area contributed by atoms with Gasteiger partial charge in [-0.05, 0) is 34.0 Å². The van der Waals surface area contributed by atoms with Crippen LogP contribution in [-0.4, -0.2) is 0 Å². The van der Waals surface area contributed by atoms with E-state index in [9.17, 15) is 4.39 Å². The summed E-state index contributed by atoms with van der Waals surface area (Å²) in [5.41, 5.74) is 0.651. The Hall–Kier alpha value is -0.0800. The normalized spacial score (nSPS) is 10.2. The summed E-state index contributed by atoms with van der Waals surface area (Å²) < 4.78 is 13.7. The Morgan fingerprint density at radius 3 is 2.73 bits per heavy atom. The molecule has 0 unspecified atom stereocenters. The van der Waals surface area contributed by atoms with E-state index in [1.165, 1.54) is 0 Å². The fraction of sp³-hybridized carbons (Fsp3) is 0.250. The molecule has 0 radical (unpaired) electrons. The quantitative estimate of drug-likeness (QED) is 0.652. The van der Waals surface area contributed by atoms with E-state index in [1.807, 2.05) is 6.92 Å². The molecule has 0 atom stereocenters. The van der Waals surface area contributed by atoms with Gasteiger partial charge in [-0.15, -0.1) is 0 Å². The molecule has 0 aliphatic rings. The SMILES string of the molecule is CCc1ccc(Br)c(Cl)c1F. The van der Waals surface area contributed by atoms with Gasteiger partial charge in [-0.3, -0.25) is 0 Å². The average Bonchev–Trinajstić information content (AvgIpc) is 2.01. The maximum atomic E-state index is 13.1. The Morgan fingerprint density at radius 2 is 2.18 bits per heavy atom. The monoisotopic (exact) mass is 236 g/mol. The van der Waals surface area contributed by atoms with E-state index in [-0.39, 0.29) is 10.8 Å². The molecule has 3 heteroatoms. The summed E-state index contributed by atoms with van der Waals surface area (Å²) in [6.45, 7) is 1.89. The van der Waals surface area contributed by atoms with Crippen LogP contribution in [-0.2, 0) is 6.42 Å². The van der Waals surface area contributed by atoms with Crippen LogP contribution in [0.5, 0.6) is 0 Å². The highest BCUT2D eigenvalue weighted by Gasteiger charge is 2.07. The number of halogens is 3. The van der Waals surface area contributed by atoms with Crippen molar-refractivity contribution in [2.45, 2.75) is 13.3 Å². The molecule has 0 aromatic heterocycles. The molecule has 0 heterocycles. The molecule has 0 fully saturated rings.